The highest BCUT2D eigenvalue weighted by molar-refractivity contribution is 6.13. The molecule has 0 saturated carbocycles. The number of hydrogen-bond donors (Lipinski definition) is 0. The maximum atomic E-state index is 12.4. The number of carbonyl (C=O) groups is 1. The molecule has 0 aliphatic carbocycles. The summed E-state index contributed by atoms with van der Waals surface area (Å²) in [6.07, 6.45) is 4.79. The summed E-state index contributed by atoms with van der Waals surface area (Å²) in [6.45, 7) is 0. The molecular formula is C26H24N2O. The summed E-state index contributed by atoms with van der Waals surface area (Å²) >= 11 is 0. The number of rotatable bonds is 8. The van der Waals surface area contributed by atoms with E-state index in [4.69, 9.17) is 4.99 Å². The number of ketones is 1. The molecule has 1 aliphatic rings. The van der Waals surface area contributed by atoms with Crippen LogP contribution in [-0.4, -0.2) is 17.8 Å². The lowest BCUT2D eigenvalue weighted by atomic mass is 9.79. The largest absolute Gasteiger partial charge is 0.294 e. The molecule has 3 aromatic carbocycles. The van der Waals surface area contributed by atoms with Crippen LogP contribution >= 0.6 is 0 Å². The number of unbranched alkanes of at least 4 members (excludes halogenated alkanes) is 1. The van der Waals surface area contributed by atoms with Gasteiger partial charge in [0.05, 0.1) is 5.71 Å². The number of aliphatic imine (C=N–C) groups is 2. The van der Waals surface area contributed by atoms with Crippen LogP contribution < -0.4 is 0 Å². The van der Waals surface area contributed by atoms with E-state index in [1.807, 2.05) is 66.7 Å². The van der Waals surface area contributed by atoms with Gasteiger partial charge in [0.15, 0.2) is 5.78 Å². The first-order valence-corrected chi connectivity index (χ1v) is 10.1. The van der Waals surface area contributed by atoms with Gasteiger partial charge in [-0.15, -0.1) is 0 Å². The van der Waals surface area contributed by atoms with Gasteiger partial charge in [-0.3, -0.25) is 9.79 Å². The van der Waals surface area contributed by atoms with Crippen LogP contribution in [0.25, 0.3) is 0 Å². The fourth-order valence-corrected chi connectivity index (χ4v) is 3.95. The van der Waals surface area contributed by atoms with E-state index in [2.05, 4.69) is 29.3 Å². The van der Waals surface area contributed by atoms with Crippen molar-refractivity contribution < 1.29 is 4.79 Å². The van der Waals surface area contributed by atoms with Crippen LogP contribution in [0.15, 0.2) is 101 Å². The third kappa shape index (κ3) is 4.09. The van der Waals surface area contributed by atoms with Crippen molar-refractivity contribution in [2.75, 3.05) is 0 Å². The Kier molecular flexibility index (Phi) is 5.76. The molecule has 144 valence electrons. The summed E-state index contributed by atoms with van der Waals surface area (Å²) in [4.78, 5) is 21.9. The maximum absolute atomic E-state index is 12.4. The Hall–Kier alpha value is -3.33. The Morgan fingerprint density at radius 1 is 0.759 bits per heavy atom. The van der Waals surface area contributed by atoms with Gasteiger partial charge < -0.3 is 0 Å². The number of carbonyl (C=O) groups excluding carboxylic acids is 1. The first kappa shape index (κ1) is 19.0. The van der Waals surface area contributed by atoms with Crippen molar-refractivity contribution in [1.29, 1.82) is 0 Å². The molecule has 0 N–H and O–H groups in total. The molecule has 0 fully saturated rings. The molecule has 1 heterocycles. The minimum absolute atomic E-state index is 0.200. The summed E-state index contributed by atoms with van der Waals surface area (Å²) in [5.74, 6) is 0.200. The molecule has 3 heteroatoms. The minimum atomic E-state index is -0.488. The topological polar surface area (TPSA) is 41.8 Å². The Labute approximate surface area is 171 Å². The predicted octanol–water partition coefficient (Wildman–Crippen LogP) is 5.86. The predicted molar refractivity (Wildman–Crippen MR) is 119 cm³/mol. The third-order valence-electron chi connectivity index (χ3n) is 5.44. The average molecular weight is 380 g/mol. The molecule has 0 saturated heterocycles. The number of benzene rings is 3. The highest BCUT2D eigenvalue weighted by Gasteiger charge is 2.39. The average Bonchev–Trinajstić information content (AvgIpc) is 3.23. The Balaban J connectivity index is 1.51. The Morgan fingerprint density at radius 2 is 1.38 bits per heavy atom. The molecular weight excluding hydrogens is 356 g/mol. The first-order chi connectivity index (χ1) is 14.3. The molecule has 1 unspecified atom stereocenters. The molecule has 0 aromatic heterocycles. The van der Waals surface area contributed by atoms with Gasteiger partial charge in [0.25, 0.3) is 0 Å². The molecule has 1 aliphatic heterocycles. The van der Waals surface area contributed by atoms with Crippen molar-refractivity contribution in [3.05, 3.63) is 108 Å². The molecule has 0 amide bonds. The van der Waals surface area contributed by atoms with Crippen molar-refractivity contribution in [3.63, 3.8) is 0 Å². The Morgan fingerprint density at radius 3 is 2.07 bits per heavy atom. The lowest BCUT2D eigenvalue weighted by Gasteiger charge is -2.29. The fourth-order valence-electron chi connectivity index (χ4n) is 3.95. The minimum Gasteiger partial charge on any atom is -0.294 e. The van der Waals surface area contributed by atoms with Gasteiger partial charge in [-0.05, 0) is 30.4 Å². The van der Waals surface area contributed by atoms with E-state index < -0.39 is 5.54 Å². The fraction of sp³-hybridized carbons (Fsp3) is 0.192. The Bertz CT molecular complexity index is 1010. The quantitative estimate of drug-likeness (QED) is 0.357. The summed E-state index contributed by atoms with van der Waals surface area (Å²) in [5.41, 5.74) is 3.52. The van der Waals surface area contributed by atoms with E-state index in [9.17, 15) is 4.79 Å². The summed E-state index contributed by atoms with van der Waals surface area (Å²) in [5, 5.41) is 0. The van der Waals surface area contributed by atoms with Crippen LogP contribution in [0.5, 0.6) is 0 Å². The van der Waals surface area contributed by atoms with Crippen molar-refractivity contribution in [2.24, 2.45) is 9.98 Å². The zero-order valence-corrected chi connectivity index (χ0v) is 16.4. The normalized spacial score (nSPS) is 17.9. The monoisotopic (exact) mass is 380 g/mol. The lowest BCUT2D eigenvalue weighted by Crippen LogP contribution is -2.32. The van der Waals surface area contributed by atoms with Gasteiger partial charge in [-0.25, -0.2) is 4.99 Å². The van der Waals surface area contributed by atoms with Crippen molar-refractivity contribution in [2.45, 2.75) is 31.2 Å². The van der Waals surface area contributed by atoms with Gasteiger partial charge in [-0.2, -0.15) is 0 Å². The van der Waals surface area contributed by atoms with E-state index >= 15 is 0 Å². The zero-order chi connectivity index (χ0) is 19.9. The number of hydrogen-bond acceptors (Lipinski definition) is 3. The van der Waals surface area contributed by atoms with Gasteiger partial charge in [0, 0.05) is 12.0 Å². The lowest BCUT2D eigenvalue weighted by molar-refractivity contribution is 0.0978. The third-order valence-corrected chi connectivity index (χ3v) is 5.44. The van der Waals surface area contributed by atoms with Crippen LogP contribution in [0, 0.1) is 0 Å². The van der Waals surface area contributed by atoms with E-state index in [0.29, 0.717) is 6.42 Å². The molecule has 4 rings (SSSR count). The van der Waals surface area contributed by atoms with Crippen molar-refractivity contribution in [3.8, 4) is 0 Å². The summed E-state index contributed by atoms with van der Waals surface area (Å²) in [6, 6.07) is 30.1. The van der Waals surface area contributed by atoms with E-state index in [0.717, 1.165) is 41.7 Å². The SMILES string of the molecule is O=C(CCCCC1(c2ccccc2)N=CN=C1c1ccccc1)c1ccccc1. The van der Waals surface area contributed by atoms with Crippen LogP contribution in [0.3, 0.4) is 0 Å². The first-order valence-electron chi connectivity index (χ1n) is 10.1. The molecule has 3 aromatic rings. The molecule has 29 heavy (non-hydrogen) atoms. The second-order valence-electron chi connectivity index (χ2n) is 7.31. The summed E-state index contributed by atoms with van der Waals surface area (Å²) in [7, 11) is 0. The highest BCUT2D eigenvalue weighted by atomic mass is 16.1. The molecule has 0 radical (unpaired) electrons. The van der Waals surface area contributed by atoms with E-state index in [1.54, 1.807) is 6.34 Å². The van der Waals surface area contributed by atoms with Gasteiger partial charge >= 0.3 is 0 Å². The van der Waals surface area contributed by atoms with Crippen molar-refractivity contribution >= 4 is 17.8 Å². The number of Topliss-reactive ketones (excluding diaryl/α,β-unsaturated/α-hetero) is 1. The second-order valence-corrected chi connectivity index (χ2v) is 7.31. The van der Waals surface area contributed by atoms with E-state index in [-0.39, 0.29) is 5.78 Å². The van der Waals surface area contributed by atoms with Crippen LogP contribution in [0.1, 0.15) is 47.2 Å². The van der Waals surface area contributed by atoms with Gasteiger partial charge in [0.1, 0.15) is 11.9 Å². The van der Waals surface area contributed by atoms with E-state index in [1.165, 1.54) is 0 Å². The van der Waals surface area contributed by atoms with Crippen molar-refractivity contribution in [1.82, 2.24) is 0 Å². The molecule has 0 bridgehead atoms. The summed E-state index contributed by atoms with van der Waals surface area (Å²) < 4.78 is 0. The molecule has 1 atom stereocenters. The maximum Gasteiger partial charge on any atom is 0.162 e. The van der Waals surface area contributed by atoms with Crippen LogP contribution in [-0.2, 0) is 5.54 Å². The zero-order valence-electron chi connectivity index (χ0n) is 16.4. The van der Waals surface area contributed by atoms with Gasteiger partial charge in [-0.1, -0.05) is 91.0 Å². The smallest absolute Gasteiger partial charge is 0.162 e. The standard InChI is InChI=1S/C26H24N2O/c29-24(21-12-4-1-5-13-21)18-10-11-19-26(23-16-8-3-9-17-23)25(27-20-28-26)22-14-6-2-7-15-22/h1-9,12-17,20H,10-11,18-19H2. The molecule has 3 nitrogen and oxygen atoms in total. The van der Waals surface area contributed by atoms with Crippen LogP contribution in [0.4, 0.5) is 0 Å². The highest BCUT2D eigenvalue weighted by Crippen LogP contribution is 2.38. The molecule has 0 spiro atoms. The number of nitrogens with zero attached hydrogens (tertiary/aromatic N) is 2. The van der Waals surface area contributed by atoms with Gasteiger partial charge in [0.2, 0.25) is 0 Å². The second kappa shape index (κ2) is 8.78. The van der Waals surface area contributed by atoms with Crippen LogP contribution in [0.2, 0.25) is 0 Å².